The highest BCUT2D eigenvalue weighted by molar-refractivity contribution is 5.93. The van der Waals surface area contributed by atoms with E-state index in [1.165, 1.54) is 6.20 Å². The number of nitrogens with zero attached hydrogens (tertiary/aromatic N) is 3. The van der Waals surface area contributed by atoms with E-state index in [1.54, 1.807) is 23.8 Å². The summed E-state index contributed by atoms with van der Waals surface area (Å²) in [4.78, 5) is 18.5. The lowest BCUT2D eigenvalue weighted by Gasteiger charge is -1.99. The van der Waals surface area contributed by atoms with Crippen LogP contribution in [0.25, 0.3) is 5.52 Å². The van der Waals surface area contributed by atoms with Crippen LogP contribution in [0, 0.1) is 6.92 Å². The van der Waals surface area contributed by atoms with Gasteiger partial charge in [-0.15, -0.1) is 0 Å². The van der Waals surface area contributed by atoms with Gasteiger partial charge in [0.2, 0.25) is 0 Å². The summed E-state index contributed by atoms with van der Waals surface area (Å²) in [5, 5.41) is 8.82. The second kappa shape index (κ2) is 2.55. The van der Waals surface area contributed by atoms with Gasteiger partial charge in [0, 0.05) is 6.20 Å². The normalized spacial score (nSPS) is 10.5. The summed E-state index contributed by atoms with van der Waals surface area (Å²) in [5.74, 6) is -1.03. The standard InChI is InChI=1S/C8H7N3O2/c1-5-3-11-4-9-2-6(11)7(10-5)8(12)13/h2-4H,1H3,(H,12,13). The molecule has 2 aromatic rings. The molecule has 5 heteroatoms. The van der Waals surface area contributed by atoms with Crippen molar-refractivity contribution in [3.8, 4) is 0 Å². The topological polar surface area (TPSA) is 67.5 Å². The number of carbonyl (C=O) groups is 1. The number of carboxylic acids is 1. The maximum atomic E-state index is 10.8. The summed E-state index contributed by atoms with van der Waals surface area (Å²) >= 11 is 0. The molecule has 0 saturated carbocycles. The number of aryl methyl sites for hydroxylation is 1. The summed E-state index contributed by atoms with van der Waals surface area (Å²) in [6, 6.07) is 0. The molecular weight excluding hydrogens is 170 g/mol. The number of rotatable bonds is 1. The van der Waals surface area contributed by atoms with Crippen LogP contribution in [0.1, 0.15) is 16.2 Å². The van der Waals surface area contributed by atoms with Crippen LogP contribution in [-0.2, 0) is 0 Å². The predicted molar refractivity (Wildman–Crippen MR) is 44.7 cm³/mol. The molecule has 0 aromatic carbocycles. The summed E-state index contributed by atoms with van der Waals surface area (Å²) in [6.45, 7) is 1.74. The zero-order valence-corrected chi connectivity index (χ0v) is 6.93. The number of aromatic carboxylic acids is 1. The van der Waals surface area contributed by atoms with Crippen LogP contribution >= 0.6 is 0 Å². The second-order valence-electron chi connectivity index (χ2n) is 2.72. The third kappa shape index (κ3) is 1.14. The number of hydrogen-bond donors (Lipinski definition) is 1. The predicted octanol–water partition coefficient (Wildman–Crippen LogP) is 0.736. The van der Waals surface area contributed by atoms with Crippen LogP contribution in [0.5, 0.6) is 0 Å². The van der Waals surface area contributed by atoms with Crippen LogP contribution in [0.15, 0.2) is 18.7 Å². The zero-order valence-electron chi connectivity index (χ0n) is 6.93. The lowest BCUT2D eigenvalue weighted by Crippen LogP contribution is -2.04. The summed E-state index contributed by atoms with van der Waals surface area (Å²) in [5.41, 5.74) is 1.21. The van der Waals surface area contributed by atoms with Crippen LogP contribution < -0.4 is 0 Å². The van der Waals surface area contributed by atoms with Gasteiger partial charge in [0.05, 0.1) is 23.7 Å². The molecule has 0 aliphatic heterocycles. The molecule has 2 rings (SSSR count). The van der Waals surface area contributed by atoms with E-state index in [4.69, 9.17) is 5.11 Å². The molecule has 0 amide bonds. The fourth-order valence-corrected chi connectivity index (χ4v) is 1.21. The molecule has 0 aliphatic carbocycles. The first-order valence-corrected chi connectivity index (χ1v) is 3.71. The second-order valence-corrected chi connectivity index (χ2v) is 2.72. The lowest BCUT2D eigenvalue weighted by atomic mass is 10.3. The molecule has 0 fully saturated rings. The van der Waals surface area contributed by atoms with Crippen molar-refractivity contribution >= 4 is 11.5 Å². The Morgan fingerprint density at radius 3 is 3.08 bits per heavy atom. The highest BCUT2D eigenvalue weighted by Gasteiger charge is 2.11. The van der Waals surface area contributed by atoms with Crippen LogP contribution in [0.3, 0.4) is 0 Å². The average molecular weight is 177 g/mol. The molecule has 0 unspecified atom stereocenters. The first-order valence-electron chi connectivity index (χ1n) is 3.71. The molecule has 2 aromatic heterocycles. The van der Waals surface area contributed by atoms with E-state index in [0.29, 0.717) is 11.2 Å². The van der Waals surface area contributed by atoms with Gasteiger partial charge in [-0.2, -0.15) is 0 Å². The van der Waals surface area contributed by atoms with Crippen molar-refractivity contribution in [2.75, 3.05) is 0 Å². The minimum atomic E-state index is -1.03. The largest absolute Gasteiger partial charge is 0.476 e. The van der Waals surface area contributed by atoms with Crippen molar-refractivity contribution < 1.29 is 9.90 Å². The van der Waals surface area contributed by atoms with Gasteiger partial charge in [-0.3, -0.25) is 0 Å². The molecule has 1 N–H and O–H groups in total. The van der Waals surface area contributed by atoms with Gasteiger partial charge >= 0.3 is 5.97 Å². The summed E-state index contributed by atoms with van der Waals surface area (Å²) in [7, 11) is 0. The average Bonchev–Trinajstić information content (AvgIpc) is 2.49. The Labute approximate surface area is 73.7 Å². The molecule has 0 saturated heterocycles. The van der Waals surface area contributed by atoms with E-state index in [1.807, 2.05) is 0 Å². The Hall–Kier alpha value is -1.91. The highest BCUT2D eigenvalue weighted by atomic mass is 16.4. The number of hydrogen-bond acceptors (Lipinski definition) is 3. The molecule has 0 spiro atoms. The molecule has 5 nitrogen and oxygen atoms in total. The van der Waals surface area contributed by atoms with Crippen molar-refractivity contribution in [1.29, 1.82) is 0 Å². The van der Waals surface area contributed by atoms with Gasteiger partial charge in [-0.1, -0.05) is 0 Å². The quantitative estimate of drug-likeness (QED) is 0.697. The van der Waals surface area contributed by atoms with Gasteiger partial charge in [-0.25, -0.2) is 14.8 Å². The van der Waals surface area contributed by atoms with Crippen molar-refractivity contribution in [3.05, 3.63) is 30.1 Å². The molecule has 0 bridgehead atoms. The van der Waals surface area contributed by atoms with E-state index in [-0.39, 0.29) is 5.69 Å². The maximum Gasteiger partial charge on any atom is 0.356 e. The minimum absolute atomic E-state index is 0.0394. The molecule has 2 heterocycles. The van der Waals surface area contributed by atoms with Gasteiger partial charge < -0.3 is 9.51 Å². The van der Waals surface area contributed by atoms with Crippen LogP contribution in [-0.4, -0.2) is 25.4 Å². The fourth-order valence-electron chi connectivity index (χ4n) is 1.21. The Morgan fingerprint density at radius 2 is 2.38 bits per heavy atom. The summed E-state index contributed by atoms with van der Waals surface area (Å²) in [6.07, 6.45) is 4.76. The zero-order chi connectivity index (χ0) is 9.42. The van der Waals surface area contributed by atoms with E-state index in [9.17, 15) is 4.79 Å². The first-order chi connectivity index (χ1) is 6.18. The van der Waals surface area contributed by atoms with E-state index < -0.39 is 5.97 Å². The molecule has 13 heavy (non-hydrogen) atoms. The van der Waals surface area contributed by atoms with Crippen molar-refractivity contribution in [1.82, 2.24) is 14.4 Å². The Morgan fingerprint density at radius 1 is 1.62 bits per heavy atom. The van der Waals surface area contributed by atoms with Gasteiger partial charge in [0.15, 0.2) is 5.69 Å². The van der Waals surface area contributed by atoms with Crippen molar-refractivity contribution in [3.63, 3.8) is 0 Å². The SMILES string of the molecule is Cc1cn2cncc2c(C(=O)O)n1. The smallest absolute Gasteiger partial charge is 0.356 e. The van der Waals surface area contributed by atoms with E-state index in [2.05, 4.69) is 9.97 Å². The number of carboxylic acid groups (broad SMARTS) is 1. The van der Waals surface area contributed by atoms with Crippen molar-refractivity contribution in [2.45, 2.75) is 6.92 Å². The Bertz CT molecular complexity index is 475. The molecule has 0 atom stereocenters. The molecule has 0 aliphatic rings. The van der Waals surface area contributed by atoms with Gasteiger partial charge in [0.25, 0.3) is 0 Å². The Kier molecular flexibility index (Phi) is 1.51. The molecule has 66 valence electrons. The third-order valence-corrected chi connectivity index (χ3v) is 1.73. The van der Waals surface area contributed by atoms with Crippen molar-refractivity contribution in [2.24, 2.45) is 0 Å². The first kappa shape index (κ1) is 7.72. The lowest BCUT2D eigenvalue weighted by molar-refractivity contribution is 0.0692. The van der Waals surface area contributed by atoms with Crippen LogP contribution in [0.4, 0.5) is 0 Å². The highest BCUT2D eigenvalue weighted by Crippen LogP contribution is 2.08. The number of imidazole rings is 1. The minimum Gasteiger partial charge on any atom is -0.476 e. The molecular formula is C8H7N3O2. The van der Waals surface area contributed by atoms with Crippen LogP contribution in [0.2, 0.25) is 0 Å². The number of fused-ring (bicyclic) bond motifs is 1. The van der Waals surface area contributed by atoms with E-state index in [0.717, 1.165) is 0 Å². The number of aromatic nitrogens is 3. The van der Waals surface area contributed by atoms with E-state index >= 15 is 0 Å². The maximum absolute atomic E-state index is 10.8. The molecule has 0 radical (unpaired) electrons. The monoisotopic (exact) mass is 177 g/mol. The Balaban J connectivity index is 2.84. The van der Waals surface area contributed by atoms with Gasteiger partial charge in [-0.05, 0) is 6.92 Å². The fraction of sp³-hybridized carbons (Fsp3) is 0.125. The summed E-state index contributed by atoms with van der Waals surface area (Å²) < 4.78 is 1.64. The van der Waals surface area contributed by atoms with Gasteiger partial charge in [0.1, 0.15) is 0 Å². The third-order valence-electron chi connectivity index (χ3n) is 1.73.